The van der Waals surface area contributed by atoms with Gasteiger partial charge in [0, 0.05) is 29.1 Å². The Bertz CT molecular complexity index is 1700. The van der Waals surface area contributed by atoms with E-state index in [0.29, 0.717) is 11.5 Å². The second-order valence-corrected chi connectivity index (χ2v) is 13.1. The van der Waals surface area contributed by atoms with Gasteiger partial charge in [-0.1, -0.05) is 53.7 Å². The zero-order valence-electron chi connectivity index (χ0n) is 27.1. The van der Waals surface area contributed by atoms with Crippen LogP contribution in [0.25, 0.3) is 17.1 Å². The molecule has 4 aromatic rings. The number of anilines is 1. The number of amides is 2. The molecule has 5 rings (SSSR count). The van der Waals surface area contributed by atoms with Gasteiger partial charge in [0.2, 0.25) is 0 Å². The Morgan fingerprint density at radius 2 is 1.77 bits per heavy atom. The van der Waals surface area contributed by atoms with Gasteiger partial charge >= 0.3 is 12.4 Å². The predicted octanol–water partition coefficient (Wildman–Crippen LogP) is 8.57. The maximum absolute atomic E-state index is 13.0. The van der Waals surface area contributed by atoms with Crippen LogP contribution in [0.1, 0.15) is 55.4 Å². The molecule has 0 spiro atoms. The van der Waals surface area contributed by atoms with Gasteiger partial charge in [0.1, 0.15) is 12.1 Å². The summed E-state index contributed by atoms with van der Waals surface area (Å²) < 4.78 is 42.7. The number of nitrogens with zero attached hydrogens (tertiary/aromatic N) is 5. The lowest BCUT2D eigenvalue weighted by Crippen LogP contribution is -2.43. The quantitative estimate of drug-likeness (QED) is 0.193. The molecule has 0 radical (unpaired) electrons. The van der Waals surface area contributed by atoms with E-state index in [-0.39, 0.29) is 23.9 Å². The van der Waals surface area contributed by atoms with Crippen LogP contribution in [0.3, 0.4) is 0 Å². The van der Waals surface area contributed by atoms with E-state index in [9.17, 15) is 18.0 Å². The van der Waals surface area contributed by atoms with Crippen LogP contribution in [0.15, 0.2) is 72.0 Å². The van der Waals surface area contributed by atoms with Crippen molar-refractivity contribution in [2.24, 2.45) is 4.99 Å². The van der Waals surface area contributed by atoms with Crippen LogP contribution in [-0.4, -0.2) is 50.2 Å². The van der Waals surface area contributed by atoms with Crippen molar-refractivity contribution >= 4 is 28.6 Å². The average molecular weight is 665 g/mol. The number of hydrogen-bond donors (Lipinski definition) is 1. The van der Waals surface area contributed by atoms with Crippen LogP contribution in [0.5, 0.6) is 5.75 Å². The molecule has 0 saturated carbocycles. The van der Waals surface area contributed by atoms with E-state index < -0.39 is 6.36 Å². The van der Waals surface area contributed by atoms with Crippen molar-refractivity contribution in [2.45, 2.75) is 78.7 Å². The van der Waals surface area contributed by atoms with Crippen molar-refractivity contribution in [3.63, 3.8) is 0 Å². The summed E-state index contributed by atoms with van der Waals surface area (Å²) in [4.78, 5) is 24.1. The van der Waals surface area contributed by atoms with Gasteiger partial charge < -0.3 is 15.0 Å². The number of thioether (sulfide) groups is 1. The first kappa shape index (κ1) is 34.0. The largest absolute Gasteiger partial charge is 0.573 e. The van der Waals surface area contributed by atoms with Crippen molar-refractivity contribution in [1.82, 2.24) is 20.1 Å². The van der Waals surface area contributed by atoms with Crippen LogP contribution in [-0.2, 0) is 6.42 Å². The van der Waals surface area contributed by atoms with Gasteiger partial charge in [0.15, 0.2) is 11.0 Å². The Hall–Kier alpha value is -4.32. The van der Waals surface area contributed by atoms with Crippen molar-refractivity contribution < 1.29 is 22.7 Å². The molecule has 1 aliphatic heterocycles. The van der Waals surface area contributed by atoms with Crippen LogP contribution in [0, 0.1) is 20.8 Å². The average Bonchev–Trinajstić information content (AvgIpc) is 3.48. The van der Waals surface area contributed by atoms with E-state index in [0.717, 1.165) is 53.4 Å². The van der Waals surface area contributed by atoms with Crippen molar-refractivity contribution in [1.29, 1.82) is 0 Å². The third kappa shape index (κ3) is 8.94. The zero-order chi connectivity index (χ0) is 33.7. The Labute approximate surface area is 277 Å². The maximum Gasteiger partial charge on any atom is 0.573 e. The summed E-state index contributed by atoms with van der Waals surface area (Å²) in [6.45, 7) is 10.5. The molecule has 47 heavy (non-hydrogen) atoms. The molecule has 1 aromatic heterocycles. The highest BCUT2D eigenvalue weighted by molar-refractivity contribution is 8.14. The number of carbonyl (C=O) groups is 1. The second-order valence-electron chi connectivity index (χ2n) is 12.0. The SMILES string of the molecule is Cc1cc(C)c(N2C(=NC(=O)NC(C)CCCc3ccc(-c4ncn(-c5ccc(OC(F)(F)F)cc5)n4)cc3)SCCC2C)c(C)c1. The summed E-state index contributed by atoms with van der Waals surface area (Å²) in [5, 5.41) is 8.27. The summed E-state index contributed by atoms with van der Waals surface area (Å²) in [5.74, 6) is 1.13. The summed E-state index contributed by atoms with van der Waals surface area (Å²) in [7, 11) is 0. The topological polar surface area (TPSA) is 84.6 Å². The van der Waals surface area contributed by atoms with E-state index >= 15 is 0 Å². The molecule has 2 amide bonds. The number of benzene rings is 3. The molecule has 2 unspecified atom stereocenters. The number of ether oxygens (including phenoxy) is 1. The Kier molecular flexibility index (Phi) is 10.6. The number of aryl methyl sites for hydroxylation is 4. The lowest BCUT2D eigenvalue weighted by Gasteiger charge is -2.37. The lowest BCUT2D eigenvalue weighted by molar-refractivity contribution is -0.274. The molecule has 0 aliphatic carbocycles. The third-order valence-corrected chi connectivity index (χ3v) is 8.98. The maximum atomic E-state index is 13.0. The minimum absolute atomic E-state index is 0.0318. The Morgan fingerprint density at radius 1 is 1.09 bits per heavy atom. The number of nitrogens with one attached hydrogen (secondary N) is 1. The normalized spacial score (nSPS) is 16.7. The molecule has 8 nitrogen and oxygen atoms in total. The zero-order valence-corrected chi connectivity index (χ0v) is 28.0. The molecular weight excluding hydrogens is 625 g/mol. The Morgan fingerprint density at radius 3 is 2.43 bits per heavy atom. The molecule has 1 aliphatic rings. The van der Waals surface area contributed by atoms with Crippen LogP contribution in [0.4, 0.5) is 23.7 Å². The molecular formula is C35H39F3N6O2S. The van der Waals surface area contributed by atoms with Crippen molar-refractivity contribution in [2.75, 3.05) is 10.7 Å². The fourth-order valence-corrected chi connectivity index (χ4v) is 7.02. The molecule has 1 fully saturated rings. The van der Waals surface area contributed by atoms with Crippen LogP contribution in [0.2, 0.25) is 0 Å². The van der Waals surface area contributed by atoms with Crippen LogP contribution >= 0.6 is 11.8 Å². The highest BCUT2D eigenvalue weighted by atomic mass is 32.2. The summed E-state index contributed by atoms with van der Waals surface area (Å²) in [5.41, 5.74) is 7.26. The first-order chi connectivity index (χ1) is 22.4. The monoisotopic (exact) mass is 664 g/mol. The molecule has 3 aromatic carbocycles. The van der Waals surface area contributed by atoms with E-state index in [2.05, 4.69) is 69.9 Å². The number of aromatic nitrogens is 3. The van der Waals surface area contributed by atoms with Gasteiger partial charge in [-0.2, -0.15) is 4.99 Å². The minimum atomic E-state index is -4.74. The molecule has 2 atom stereocenters. The number of aliphatic imine (C=N–C) groups is 1. The number of halogens is 3. The number of urea groups is 1. The fraction of sp³-hybridized carbons (Fsp3) is 0.371. The summed E-state index contributed by atoms with van der Waals surface area (Å²) >= 11 is 1.63. The number of carbonyl (C=O) groups excluding carboxylic acids is 1. The number of amidine groups is 1. The second kappa shape index (κ2) is 14.6. The standard InChI is InChI=1S/C35H39F3N6O2S/c1-22-19-23(2)31(24(3)20-22)44-26(5)17-18-47-34(44)41-33(45)40-25(4)7-6-8-27-9-11-28(12-10-27)32-39-21-43(42-32)29-13-15-30(16-14-29)46-35(36,37)38/h9-16,19-21,25-26H,6-8,17-18H2,1-5H3,(H,40,45). The van der Waals surface area contributed by atoms with Gasteiger partial charge in [-0.15, -0.1) is 18.3 Å². The van der Waals surface area contributed by atoms with Gasteiger partial charge in [-0.05, 0) is 101 Å². The Balaban J connectivity index is 1.13. The van der Waals surface area contributed by atoms with Gasteiger partial charge in [0.05, 0.1) is 5.69 Å². The molecule has 248 valence electrons. The number of alkyl halides is 3. The predicted molar refractivity (Wildman–Crippen MR) is 182 cm³/mol. The number of rotatable bonds is 9. The first-order valence-corrected chi connectivity index (χ1v) is 16.6. The van der Waals surface area contributed by atoms with E-state index in [4.69, 9.17) is 0 Å². The fourth-order valence-electron chi connectivity index (χ4n) is 5.82. The number of hydrogen-bond acceptors (Lipinski definition) is 5. The third-order valence-electron chi connectivity index (χ3n) is 8.00. The summed E-state index contributed by atoms with van der Waals surface area (Å²) in [6, 6.07) is 17.6. The first-order valence-electron chi connectivity index (χ1n) is 15.6. The van der Waals surface area contributed by atoms with Gasteiger partial charge in [0.25, 0.3) is 0 Å². The lowest BCUT2D eigenvalue weighted by atomic mass is 10.0. The molecule has 12 heteroatoms. The highest BCUT2D eigenvalue weighted by Gasteiger charge is 2.31. The van der Waals surface area contributed by atoms with Gasteiger partial charge in [-0.25, -0.2) is 14.5 Å². The van der Waals surface area contributed by atoms with E-state index in [1.54, 1.807) is 11.8 Å². The summed E-state index contributed by atoms with van der Waals surface area (Å²) in [6.07, 6.45) is 0.332. The van der Waals surface area contributed by atoms with Gasteiger partial charge in [-0.3, -0.25) is 0 Å². The minimum Gasteiger partial charge on any atom is -0.406 e. The van der Waals surface area contributed by atoms with E-state index in [1.807, 2.05) is 31.2 Å². The molecule has 1 saturated heterocycles. The van der Waals surface area contributed by atoms with Crippen molar-refractivity contribution in [3.05, 3.63) is 89.2 Å². The molecule has 0 bridgehead atoms. The highest BCUT2D eigenvalue weighted by Crippen LogP contribution is 2.34. The van der Waals surface area contributed by atoms with Crippen LogP contribution < -0.4 is 15.0 Å². The van der Waals surface area contributed by atoms with Crippen molar-refractivity contribution in [3.8, 4) is 22.8 Å². The molecule has 2 heterocycles. The smallest absolute Gasteiger partial charge is 0.406 e. The van der Waals surface area contributed by atoms with E-state index in [1.165, 1.54) is 52.0 Å². The molecule has 1 N–H and O–H groups in total.